The molecule has 0 aliphatic carbocycles. The maximum Gasteiger partial charge on any atom is 0.160 e. The van der Waals surface area contributed by atoms with Crippen LogP contribution in [0.2, 0.25) is 0 Å². The number of aliphatic hydroxyl groups excluding tert-OH is 1. The van der Waals surface area contributed by atoms with Crippen LogP contribution >= 0.6 is 0 Å². The molecule has 1 aromatic rings. The van der Waals surface area contributed by atoms with Gasteiger partial charge in [-0.3, -0.25) is 0 Å². The Labute approximate surface area is 119 Å². The molecule has 1 aliphatic rings. The molecular formula is C15H22N2O3. The van der Waals surface area contributed by atoms with Gasteiger partial charge in [0, 0.05) is 24.6 Å². The van der Waals surface area contributed by atoms with Crippen LogP contribution in [0.3, 0.4) is 0 Å². The van der Waals surface area contributed by atoms with Crippen molar-refractivity contribution < 1.29 is 14.7 Å². The van der Waals surface area contributed by atoms with Crippen LogP contribution < -0.4 is 10.1 Å². The first-order valence-corrected chi connectivity index (χ1v) is 6.89. The van der Waals surface area contributed by atoms with E-state index in [0.29, 0.717) is 19.0 Å². The summed E-state index contributed by atoms with van der Waals surface area (Å²) >= 11 is 0. The number of methoxy groups -OCH3 is 1. The molecule has 0 unspecified atom stereocenters. The third-order valence-corrected chi connectivity index (χ3v) is 3.28. The van der Waals surface area contributed by atoms with Crippen molar-refractivity contribution in [1.82, 2.24) is 5.32 Å². The molecule has 2 atom stereocenters. The Morgan fingerprint density at radius 3 is 2.90 bits per heavy atom. The monoisotopic (exact) mass is 278 g/mol. The van der Waals surface area contributed by atoms with Crippen LogP contribution in [0.1, 0.15) is 25.8 Å². The fourth-order valence-corrected chi connectivity index (χ4v) is 2.13. The van der Waals surface area contributed by atoms with Crippen LogP contribution in [0.5, 0.6) is 5.75 Å². The Kier molecular flexibility index (Phi) is 4.98. The van der Waals surface area contributed by atoms with E-state index in [4.69, 9.17) is 9.57 Å². The van der Waals surface area contributed by atoms with E-state index in [-0.39, 0.29) is 6.10 Å². The van der Waals surface area contributed by atoms with Crippen molar-refractivity contribution in [2.45, 2.75) is 38.5 Å². The number of hydrogen-bond acceptors (Lipinski definition) is 5. The molecule has 0 saturated heterocycles. The summed E-state index contributed by atoms with van der Waals surface area (Å²) < 4.78 is 5.32. The highest BCUT2D eigenvalue weighted by Crippen LogP contribution is 2.25. The lowest BCUT2D eigenvalue weighted by atomic mass is 10.0. The van der Waals surface area contributed by atoms with Crippen molar-refractivity contribution in [3.8, 4) is 5.75 Å². The van der Waals surface area contributed by atoms with Gasteiger partial charge in [-0.2, -0.15) is 0 Å². The molecule has 0 bridgehead atoms. The molecule has 110 valence electrons. The van der Waals surface area contributed by atoms with E-state index < -0.39 is 6.10 Å². The number of benzene rings is 1. The summed E-state index contributed by atoms with van der Waals surface area (Å²) in [6, 6.07) is 8.02. The number of para-hydroxylation sites is 1. The highest BCUT2D eigenvalue weighted by molar-refractivity contribution is 6.03. The molecule has 2 N–H and O–H groups in total. The fourth-order valence-electron chi connectivity index (χ4n) is 2.13. The molecule has 5 nitrogen and oxygen atoms in total. The highest BCUT2D eigenvalue weighted by Gasteiger charge is 2.29. The van der Waals surface area contributed by atoms with Gasteiger partial charge in [0.15, 0.2) is 6.10 Å². The van der Waals surface area contributed by atoms with Gasteiger partial charge in [0.1, 0.15) is 11.9 Å². The topological polar surface area (TPSA) is 63.1 Å². The van der Waals surface area contributed by atoms with E-state index in [1.54, 1.807) is 7.11 Å². The minimum Gasteiger partial charge on any atom is -0.496 e. The van der Waals surface area contributed by atoms with Crippen molar-refractivity contribution in [2.75, 3.05) is 13.7 Å². The Hall–Kier alpha value is -1.59. The predicted molar refractivity (Wildman–Crippen MR) is 78.2 cm³/mol. The van der Waals surface area contributed by atoms with Crippen LogP contribution in [0.25, 0.3) is 0 Å². The van der Waals surface area contributed by atoms with Gasteiger partial charge in [-0.1, -0.05) is 31.1 Å². The Bertz CT molecular complexity index is 474. The summed E-state index contributed by atoms with van der Waals surface area (Å²) in [5.74, 6) is 0.769. The van der Waals surface area contributed by atoms with Crippen LogP contribution in [0, 0.1) is 0 Å². The van der Waals surface area contributed by atoms with Crippen LogP contribution in [0.15, 0.2) is 29.4 Å². The Morgan fingerprint density at radius 1 is 1.45 bits per heavy atom. The number of nitrogens with one attached hydrogen (secondary N) is 1. The fraction of sp³-hybridized carbons (Fsp3) is 0.533. The van der Waals surface area contributed by atoms with E-state index in [2.05, 4.69) is 10.5 Å². The number of hydrogen-bond donors (Lipinski definition) is 2. The lowest BCUT2D eigenvalue weighted by Gasteiger charge is -2.18. The first-order chi connectivity index (χ1) is 9.61. The molecule has 0 fully saturated rings. The summed E-state index contributed by atoms with van der Waals surface area (Å²) in [4.78, 5) is 5.36. The molecule has 0 amide bonds. The Morgan fingerprint density at radius 2 is 2.20 bits per heavy atom. The first-order valence-electron chi connectivity index (χ1n) is 6.89. The maximum atomic E-state index is 10.1. The second-order valence-electron chi connectivity index (χ2n) is 5.22. The van der Waals surface area contributed by atoms with E-state index in [9.17, 15) is 5.11 Å². The second-order valence-corrected chi connectivity index (χ2v) is 5.22. The quantitative estimate of drug-likeness (QED) is 0.828. The molecule has 1 aromatic carbocycles. The SMILES string of the molecule is COc1ccccc1C1=NO[C@@H]([C@@H](O)CNC(C)C)C1. The number of ether oxygens (including phenoxy) is 1. The predicted octanol–water partition coefficient (Wildman–Crippen LogP) is 1.55. The van der Waals surface area contributed by atoms with Gasteiger partial charge in [0.2, 0.25) is 0 Å². The minimum absolute atomic E-state index is 0.304. The molecule has 5 heteroatoms. The maximum absolute atomic E-state index is 10.1. The smallest absolute Gasteiger partial charge is 0.160 e. The zero-order valence-electron chi connectivity index (χ0n) is 12.2. The summed E-state index contributed by atoms with van der Waals surface area (Å²) in [6.07, 6.45) is -0.295. The van der Waals surface area contributed by atoms with E-state index >= 15 is 0 Å². The van der Waals surface area contributed by atoms with E-state index in [0.717, 1.165) is 17.0 Å². The molecule has 20 heavy (non-hydrogen) atoms. The lowest BCUT2D eigenvalue weighted by molar-refractivity contribution is -0.0166. The van der Waals surface area contributed by atoms with Crippen molar-refractivity contribution in [3.05, 3.63) is 29.8 Å². The average Bonchev–Trinajstić information content (AvgIpc) is 2.94. The summed E-state index contributed by atoms with van der Waals surface area (Å²) in [7, 11) is 1.63. The molecule has 0 radical (unpaired) electrons. The van der Waals surface area contributed by atoms with Crippen molar-refractivity contribution in [1.29, 1.82) is 0 Å². The third-order valence-electron chi connectivity index (χ3n) is 3.28. The molecule has 1 aliphatic heterocycles. The van der Waals surface area contributed by atoms with Crippen LogP contribution in [-0.2, 0) is 4.84 Å². The molecule has 0 saturated carbocycles. The number of nitrogens with zero attached hydrogens (tertiary/aromatic N) is 1. The van der Waals surface area contributed by atoms with Gasteiger partial charge in [-0.05, 0) is 12.1 Å². The largest absolute Gasteiger partial charge is 0.496 e. The van der Waals surface area contributed by atoms with Crippen molar-refractivity contribution in [2.24, 2.45) is 5.16 Å². The first kappa shape index (κ1) is 14.8. The van der Waals surface area contributed by atoms with Gasteiger partial charge in [-0.25, -0.2) is 0 Å². The summed E-state index contributed by atoms with van der Waals surface area (Å²) in [5, 5.41) is 17.4. The third kappa shape index (κ3) is 3.49. The van der Waals surface area contributed by atoms with Gasteiger partial charge in [0.05, 0.1) is 12.8 Å². The minimum atomic E-state index is -0.576. The second kappa shape index (κ2) is 6.72. The molecular weight excluding hydrogens is 256 g/mol. The van der Waals surface area contributed by atoms with Gasteiger partial charge < -0.3 is 20.0 Å². The summed E-state index contributed by atoms with van der Waals surface area (Å²) in [5.41, 5.74) is 1.73. The normalized spacial score (nSPS) is 19.6. The van der Waals surface area contributed by atoms with Crippen LogP contribution in [0.4, 0.5) is 0 Å². The molecule has 2 rings (SSSR count). The van der Waals surface area contributed by atoms with E-state index in [1.807, 2.05) is 38.1 Å². The average molecular weight is 278 g/mol. The highest BCUT2D eigenvalue weighted by atomic mass is 16.7. The standard InChI is InChI=1S/C15H22N2O3/c1-10(2)16-9-13(18)15-8-12(17-20-15)11-6-4-5-7-14(11)19-3/h4-7,10,13,15-16,18H,8-9H2,1-3H3/t13-,15+/m0/s1. The Balaban J connectivity index is 1.97. The number of oxime groups is 1. The van der Waals surface area contributed by atoms with Gasteiger partial charge in [-0.15, -0.1) is 0 Å². The zero-order chi connectivity index (χ0) is 14.5. The zero-order valence-corrected chi connectivity index (χ0v) is 12.2. The number of aliphatic hydroxyl groups is 1. The number of rotatable bonds is 6. The molecule has 0 aromatic heterocycles. The van der Waals surface area contributed by atoms with Crippen molar-refractivity contribution in [3.63, 3.8) is 0 Å². The van der Waals surface area contributed by atoms with E-state index in [1.165, 1.54) is 0 Å². The summed E-state index contributed by atoms with van der Waals surface area (Å²) in [6.45, 7) is 4.58. The molecule has 1 heterocycles. The van der Waals surface area contributed by atoms with Crippen molar-refractivity contribution >= 4 is 5.71 Å². The van der Waals surface area contributed by atoms with Crippen LogP contribution in [-0.4, -0.2) is 42.7 Å². The molecule has 0 spiro atoms. The van der Waals surface area contributed by atoms with Gasteiger partial charge >= 0.3 is 0 Å². The lowest BCUT2D eigenvalue weighted by Crippen LogP contribution is -2.39. The van der Waals surface area contributed by atoms with Gasteiger partial charge in [0.25, 0.3) is 0 Å².